The minimum atomic E-state index is 1.09. The Labute approximate surface area is 64.4 Å². The summed E-state index contributed by atoms with van der Waals surface area (Å²) in [6, 6.07) is 0. The van der Waals surface area contributed by atoms with E-state index in [0.717, 1.165) is 6.54 Å². The van der Waals surface area contributed by atoms with Crippen LogP contribution in [0.4, 0.5) is 0 Å². The quantitative estimate of drug-likeness (QED) is 0.478. The van der Waals surface area contributed by atoms with E-state index in [9.17, 15) is 0 Å². The molecule has 0 aliphatic carbocycles. The lowest BCUT2D eigenvalue weighted by molar-refractivity contribution is -0.880. The monoisotopic (exact) mass is 146 g/mol. The molecule has 0 heterocycles. The molecule has 0 aromatic carbocycles. The molecule has 1 atom stereocenters. The van der Waals surface area contributed by atoms with E-state index >= 15 is 0 Å². The molecule has 0 saturated heterocycles. The molecule has 2 nitrogen and oxygen atoms in total. The minimum absolute atomic E-state index is 1.09. The average molecular weight is 146 g/mol. The Morgan fingerprint density at radius 2 is 1.80 bits per heavy atom. The fraction of sp³-hybridized carbons (Fsp3) is 1.00. The molecule has 0 fully saturated rings. The van der Waals surface area contributed by atoms with Crippen LogP contribution in [0.5, 0.6) is 0 Å². The number of quaternary nitrogens is 2. The van der Waals surface area contributed by atoms with Crippen LogP contribution in [0, 0.1) is 0 Å². The van der Waals surface area contributed by atoms with Crippen molar-refractivity contribution < 1.29 is 10.6 Å². The van der Waals surface area contributed by atoms with Crippen LogP contribution in [0.3, 0.4) is 0 Å². The third kappa shape index (κ3) is 6.05. The van der Waals surface area contributed by atoms with Gasteiger partial charge in [0.1, 0.15) is 0 Å². The van der Waals surface area contributed by atoms with Crippen LogP contribution in [-0.2, 0) is 0 Å². The Morgan fingerprint density at radius 1 is 1.20 bits per heavy atom. The van der Waals surface area contributed by atoms with E-state index in [1.54, 1.807) is 4.90 Å². The summed E-state index contributed by atoms with van der Waals surface area (Å²) in [5.41, 5.74) is 3.82. The summed E-state index contributed by atoms with van der Waals surface area (Å²) in [5, 5.41) is 0. The molecule has 10 heavy (non-hydrogen) atoms. The molecule has 1 unspecified atom stereocenters. The van der Waals surface area contributed by atoms with Crippen molar-refractivity contribution in [1.82, 2.24) is 0 Å². The SMILES string of the molecule is CCCC[NH+](C)CCC[NH3+]. The Bertz CT molecular complexity index is 56.3. The van der Waals surface area contributed by atoms with Crippen LogP contribution in [0.2, 0.25) is 0 Å². The van der Waals surface area contributed by atoms with Crippen molar-refractivity contribution in [2.24, 2.45) is 0 Å². The Morgan fingerprint density at radius 3 is 2.30 bits per heavy atom. The first kappa shape index (κ1) is 9.92. The first-order valence-electron chi connectivity index (χ1n) is 4.41. The highest BCUT2D eigenvalue weighted by atomic mass is 15.1. The maximum atomic E-state index is 3.82. The number of nitrogens with one attached hydrogen (secondary N) is 1. The fourth-order valence-corrected chi connectivity index (χ4v) is 1.03. The van der Waals surface area contributed by atoms with Gasteiger partial charge in [0.05, 0.1) is 26.7 Å². The van der Waals surface area contributed by atoms with Gasteiger partial charge >= 0.3 is 0 Å². The van der Waals surface area contributed by atoms with Crippen LogP contribution in [0.25, 0.3) is 0 Å². The van der Waals surface area contributed by atoms with Crippen LogP contribution in [0.15, 0.2) is 0 Å². The predicted octanol–water partition coefficient (Wildman–Crippen LogP) is -1.07. The van der Waals surface area contributed by atoms with E-state index in [4.69, 9.17) is 0 Å². The molecule has 0 aliphatic rings. The highest BCUT2D eigenvalue weighted by Crippen LogP contribution is 1.78. The molecule has 0 rings (SSSR count). The number of rotatable bonds is 6. The number of hydrogen-bond donors (Lipinski definition) is 2. The van der Waals surface area contributed by atoms with E-state index in [2.05, 4.69) is 19.7 Å². The van der Waals surface area contributed by atoms with Crippen LogP contribution < -0.4 is 10.6 Å². The van der Waals surface area contributed by atoms with E-state index in [-0.39, 0.29) is 0 Å². The molecular weight excluding hydrogens is 124 g/mol. The molecule has 0 aromatic rings. The largest absolute Gasteiger partial charge is 0.357 e. The Balaban J connectivity index is 3.00. The first-order chi connectivity index (χ1) is 4.81. The first-order valence-corrected chi connectivity index (χ1v) is 4.41. The summed E-state index contributed by atoms with van der Waals surface area (Å²) in [6.45, 7) is 5.96. The lowest BCUT2D eigenvalue weighted by Crippen LogP contribution is -3.09. The maximum absolute atomic E-state index is 3.82. The van der Waals surface area contributed by atoms with E-state index in [1.165, 1.54) is 32.4 Å². The Kier molecular flexibility index (Phi) is 6.98. The highest BCUT2D eigenvalue weighted by molar-refractivity contribution is 4.30. The molecule has 2 heteroatoms. The minimum Gasteiger partial charge on any atom is -0.357 e. The van der Waals surface area contributed by atoms with Gasteiger partial charge in [0, 0.05) is 6.42 Å². The molecule has 0 spiro atoms. The second kappa shape index (κ2) is 7.03. The van der Waals surface area contributed by atoms with Crippen LogP contribution in [0.1, 0.15) is 26.2 Å². The number of unbranched alkanes of at least 4 members (excludes halogenated alkanes) is 1. The molecule has 0 radical (unpaired) electrons. The normalized spacial score (nSPS) is 13.5. The summed E-state index contributed by atoms with van der Waals surface area (Å²) in [4.78, 5) is 1.66. The molecule has 62 valence electrons. The third-order valence-corrected chi connectivity index (χ3v) is 1.81. The van der Waals surface area contributed by atoms with Gasteiger partial charge in [-0.1, -0.05) is 13.3 Å². The second-order valence-corrected chi connectivity index (χ2v) is 3.02. The lowest BCUT2D eigenvalue weighted by atomic mass is 10.3. The van der Waals surface area contributed by atoms with Crippen molar-refractivity contribution in [3.8, 4) is 0 Å². The summed E-state index contributed by atoms with van der Waals surface area (Å²) < 4.78 is 0. The summed E-state index contributed by atoms with van der Waals surface area (Å²) >= 11 is 0. The standard InChI is InChI=1S/C8H20N2/c1-3-4-7-10(2)8-5-6-9/h3-9H2,1-2H3/p+2. The zero-order valence-corrected chi connectivity index (χ0v) is 7.45. The number of hydrogen-bond acceptors (Lipinski definition) is 0. The smallest absolute Gasteiger partial charge is 0.0823 e. The highest BCUT2D eigenvalue weighted by Gasteiger charge is 1.98. The zero-order chi connectivity index (χ0) is 7.82. The van der Waals surface area contributed by atoms with Gasteiger partial charge in [-0.25, -0.2) is 0 Å². The third-order valence-electron chi connectivity index (χ3n) is 1.81. The van der Waals surface area contributed by atoms with Crippen molar-refractivity contribution in [3.05, 3.63) is 0 Å². The summed E-state index contributed by atoms with van der Waals surface area (Å²) in [7, 11) is 2.27. The molecule has 0 aromatic heterocycles. The molecule has 0 aliphatic heterocycles. The van der Waals surface area contributed by atoms with Gasteiger partial charge in [-0.2, -0.15) is 0 Å². The van der Waals surface area contributed by atoms with Gasteiger partial charge < -0.3 is 10.6 Å². The molecule has 0 amide bonds. The lowest BCUT2D eigenvalue weighted by Gasteiger charge is -2.11. The predicted molar refractivity (Wildman–Crippen MR) is 43.9 cm³/mol. The second-order valence-electron chi connectivity index (χ2n) is 3.02. The van der Waals surface area contributed by atoms with Crippen molar-refractivity contribution in [2.75, 3.05) is 26.7 Å². The maximum Gasteiger partial charge on any atom is 0.0823 e. The van der Waals surface area contributed by atoms with Gasteiger partial charge in [-0.15, -0.1) is 0 Å². The van der Waals surface area contributed by atoms with Crippen molar-refractivity contribution in [3.63, 3.8) is 0 Å². The summed E-state index contributed by atoms with van der Waals surface area (Å²) in [6.07, 6.45) is 3.96. The molecular formula is C8H22N2+2. The van der Waals surface area contributed by atoms with Gasteiger partial charge in [-0.3, -0.25) is 0 Å². The average Bonchev–Trinajstić information content (AvgIpc) is 1.97. The van der Waals surface area contributed by atoms with Crippen molar-refractivity contribution in [1.29, 1.82) is 0 Å². The van der Waals surface area contributed by atoms with Gasteiger partial charge in [0.2, 0.25) is 0 Å². The van der Waals surface area contributed by atoms with Crippen LogP contribution >= 0.6 is 0 Å². The van der Waals surface area contributed by atoms with E-state index in [1.807, 2.05) is 0 Å². The van der Waals surface area contributed by atoms with Gasteiger partial charge in [-0.05, 0) is 6.42 Å². The van der Waals surface area contributed by atoms with E-state index in [0.29, 0.717) is 0 Å². The van der Waals surface area contributed by atoms with E-state index < -0.39 is 0 Å². The zero-order valence-electron chi connectivity index (χ0n) is 7.45. The van der Waals surface area contributed by atoms with Crippen LogP contribution in [-0.4, -0.2) is 26.7 Å². The van der Waals surface area contributed by atoms with Crippen molar-refractivity contribution >= 4 is 0 Å². The Hall–Kier alpha value is -0.0800. The fourth-order valence-electron chi connectivity index (χ4n) is 1.03. The molecule has 0 bridgehead atoms. The summed E-state index contributed by atoms with van der Waals surface area (Å²) in [5.74, 6) is 0. The van der Waals surface area contributed by atoms with Crippen molar-refractivity contribution in [2.45, 2.75) is 26.2 Å². The van der Waals surface area contributed by atoms with Gasteiger partial charge in [0.25, 0.3) is 0 Å². The molecule has 4 N–H and O–H groups in total. The van der Waals surface area contributed by atoms with Gasteiger partial charge in [0.15, 0.2) is 0 Å². The molecule has 0 saturated carbocycles. The topological polar surface area (TPSA) is 32.1 Å².